The van der Waals surface area contributed by atoms with Crippen LogP contribution in [0.15, 0.2) is 41.4 Å². The van der Waals surface area contributed by atoms with Crippen LogP contribution in [0, 0.1) is 0 Å². The van der Waals surface area contributed by atoms with Crippen molar-refractivity contribution in [3.8, 4) is 0 Å². The van der Waals surface area contributed by atoms with Crippen LogP contribution in [0.3, 0.4) is 0 Å². The molecule has 19 nitrogen and oxygen atoms in total. The first-order valence-corrected chi connectivity index (χ1v) is 27.3. The second kappa shape index (κ2) is 35.1. The highest BCUT2D eigenvalue weighted by atomic mass is 31.3. The van der Waals surface area contributed by atoms with Crippen molar-refractivity contribution in [3.63, 3.8) is 0 Å². The Balaban J connectivity index is 1.84. The van der Waals surface area contributed by atoms with Crippen LogP contribution in [-0.4, -0.2) is 91.5 Å². The van der Waals surface area contributed by atoms with Gasteiger partial charge in [0.25, 0.3) is 0 Å². The number of ether oxygens (including phenoxy) is 3. The lowest BCUT2D eigenvalue weighted by molar-refractivity contribution is -0.161. The van der Waals surface area contributed by atoms with E-state index in [0.29, 0.717) is 32.1 Å². The molecule has 67 heavy (non-hydrogen) atoms. The first kappa shape index (κ1) is 60.0. The van der Waals surface area contributed by atoms with Gasteiger partial charge >= 0.3 is 33.3 Å². The van der Waals surface area contributed by atoms with Crippen LogP contribution in [0.5, 0.6) is 0 Å². The molecule has 2 rings (SSSR count). The zero-order chi connectivity index (χ0) is 49.3. The molecular formula is C46H79N3O16P2. The molecule has 0 amide bonds. The summed E-state index contributed by atoms with van der Waals surface area (Å²) < 4.78 is 56.6. The van der Waals surface area contributed by atoms with Gasteiger partial charge in [-0.15, -0.1) is 0 Å². The van der Waals surface area contributed by atoms with E-state index in [-0.39, 0.29) is 24.4 Å². The largest absolute Gasteiger partial charge is 0.481 e. The standard InChI is InChI=1S/C46H79N3O16P2/c1-3-5-7-9-11-12-13-14-15-16-18-22-26-30-41(51)60-34-38(63-42(52)31-27-23-19-21-25-29-37(50)28-24-20-17-10-8-6-4-2)35-61-66(56,57)65-67(58,59)62-36-39-43(53)44(54)45(64-39)49-33-32-40(47)48-46(49)55/h17,20,24,28,32-33,38-39,43-45,53-54H,3-16,18-19,21-23,25-27,29-31,34-36H2,1-2H3,(H,56,57)(H,58,59)(H2,47,48,55)/b20-17-,28-24+/t38-,39-,43-,44-,45-/m1/s1. The van der Waals surface area contributed by atoms with E-state index in [1.54, 1.807) is 12.2 Å². The van der Waals surface area contributed by atoms with E-state index in [1.807, 2.05) is 6.08 Å². The number of carbonyl (C=O) groups excluding carboxylic acids is 3. The van der Waals surface area contributed by atoms with Crippen LogP contribution < -0.4 is 11.4 Å². The second-order valence-electron chi connectivity index (χ2n) is 17.0. The van der Waals surface area contributed by atoms with Gasteiger partial charge in [0.2, 0.25) is 0 Å². The smallest absolute Gasteiger partial charge is 0.462 e. The third kappa shape index (κ3) is 28.2. The van der Waals surface area contributed by atoms with E-state index >= 15 is 0 Å². The molecule has 1 saturated heterocycles. The van der Waals surface area contributed by atoms with Crippen LogP contribution in [0.25, 0.3) is 0 Å². The molecule has 21 heteroatoms. The molecule has 0 aliphatic carbocycles. The van der Waals surface area contributed by atoms with Gasteiger partial charge < -0.3 is 39.9 Å². The maximum absolute atomic E-state index is 12.8. The Morgan fingerprint density at radius 3 is 1.88 bits per heavy atom. The first-order chi connectivity index (χ1) is 32.1. The number of rotatable bonds is 40. The zero-order valence-electron chi connectivity index (χ0n) is 39.7. The highest BCUT2D eigenvalue weighted by Gasteiger charge is 2.46. The molecule has 2 unspecified atom stereocenters. The van der Waals surface area contributed by atoms with E-state index in [9.17, 15) is 48.3 Å². The summed E-state index contributed by atoms with van der Waals surface area (Å²) in [4.78, 5) is 73.9. The molecular weight excluding hydrogens is 912 g/mol. The number of esters is 2. The number of anilines is 1. The van der Waals surface area contributed by atoms with Crippen molar-refractivity contribution in [2.45, 2.75) is 205 Å². The quantitative estimate of drug-likeness (QED) is 0.0135. The number of nitrogen functional groups attached to an aromatic ring is 1. The molecule has 1 aromatic heterocycles. The summed E-state index contributed by atoms with van der Waals surface area (Å²) in [6, 6.07) is 1.24. The van der Waals surface area contributed by atoms with Gasteiger partial charge in [-0.3, -0.25) is 28.0 Å². The molecule has 1 aromatic rings. The number of carbonyl (C=O) groups is 3. The molecule has 0 aromatic carbocycles. The SMILES string of the molecule is CCCCC/C=C\C=C\C(=O)CCCCCCCC(=O)O[C@H](COC(=O)CCCCCCCCCCCCCCC)COP(=O)(O)OP(=O)(O)OC[C@H]1O[C@@H](n2ccc(N)nc2=O)[C@H](O)[C@@H]1O. The Labute approximate surface area is 396 Å². The number of allylic oxidation sites excluding steroid dienone is 4. The number of nitrogens with two attached hydrogens (primary N) is 1. The number of phosphoric ester groups is 2. The number of aliphatic hydroxyl groups excluding tert-OH is 2. The molecule has 0 bridgehead atoms. The van der Waals surface area contributed by atoms with Gasteiger partial charge in [0.05, 0.1) is 13.2 Å². The average Bonchev–Trinajstić information content (AvgIpc) is 3.55. The monoisotopic (exact) mass is 991 g/mol. The number of nitrogens with zero attached hydrogens (tertiary/aromatic N) is 2. The fourth-order valence-electron chi connectivity index (χ4n) is 7.18. The fourth-order valence-corrected chi connectivity index (χ4v) is 9.29. The molecule has 0 spiro atoms. The molecule has 6 N–H and O–H groups in total. The predicted molar refractivity (Wildman–Crippen MR) is 252 cm³/mol. The van der Waals surface area contributed by atoms with E-state index < -0.39 is 83.7 Å². The second-order valence-corrected chi connectivity index (χ2v) is 20.0. The number of aromatic nitrogens is 2. The summed E-state index contributed by atoms with van der Waals surface area (Å²) in [5, 5.41) is 20.9. The lowest BCUT2D eigenvalue weighted by Gasteiger charge is -2.21. The fraction of sp³-hybridized carbons (Fsp3) is 0.761. The van der Waals surface area contributed by atoms with Crippen molar-refractivity contribution in [1.29, 1.82) is 0 Å². The molecule has 0 radical (unpaired) electrons. The minimum Gasteiger partial charge on any atom is -0.462 e. The lowest BCUT2D eigenvalue weighted by Crippen LogP contribution is -2.36. The van der Waals surface area contributed by atoms with E-state index in [2.05, 4.69) is 29.2 Å². The van der Waals surface area contributed by atoms with Crippen molar-refractivity contribution in [2.75, 3.05) is 25.6 Å². The van der Waals surface area contributed by atoms with Gasteiger partial charge in [-0.1, -0.05) is 141 Å². The van der Waals surface area contributed by atoms with Gasteiger partial charge in [0.1, 0.15) is 30.7 Å². The summed E-state index contributed by atoms with van der Waals surface area (Å²) in [5.41, 5.74) is 4.57. The van der Waals surface area contributed by atoms with Crippen LogP contribution in [0.2, 0.25) is 0 Å². The minimum atomic E-state index is -5.44. The Hall–Kier alpha value is -3.09. The highest BCUT2D eigenvalue weighted by Crippen LogP contribution is 2.60. The topological polar surface area (TPSA) is 283 Å². The van der Waals surface area contributed by atoms with Crippen molar-refractivity contribution in [3.05, 3.63) is 47.1 Å². The Morgan fingerprint density at radius 2 is 1.28 bits per heavy atom. The van der Waals surface area contributed by atoms with E-state index in [0.717, 1.165) is 68.6 Å². The molecule has 7 atom stereocenters. The Kier molecular flexibility index (Phi) is 31.4. The number of hydrogen-bond donors (Lipinski definition) is 5. The number of unbranched alkanes of at least 4 members (excludes halogenated alkanes) is 19. The summed E-state index contributed by atoms with van der Waals surface area (Å²) in [6.07, 6.45) is 23.7. The maximum Gasteiger partial charge on any atom is 0.481 e. The molecule has 1 fully saturated rings. The van der Waals surface area contributed by atoms with Crippen molar-refractivity contribution in [1.82, 2.24) is 9.55 Å². The predicted octanol–water partition coefficient (Wildman–Crippen LogP) is 8.62. The summed E-state index contributed by atoms with van der Waals surface area (Å²) in [6.45, 7) is 1.98. The number of phosphoric acid groups is 2. The van der Waals surface area contributed by atoms with Crippen LogP contribution in [0.1, 0.15) is 181 Å². The molecule has 384 valence electrons. The molecule has 1 aliphatic rings. The number of ketones is 1. The average molecular weight is 992 g/mol. The molecule has 0 saturated carbocycles. The first-order valence-electron chi connectivity index (χ1n) is 24.3. The normalized spacial score (nSPS) is 19.7. The third-order valence-electron chi connectivity index (χ3n) is 11.0. The van der Waals surface area contributed by atoms with Crippen molar-refractivity contribution < 1.29 is 71.1 Å². The Morgan fingerprint density at radius 1 is 0.746 bits per heavy atom. The molecule has 1 aliphatic heterocycles. The van der Waals surface area contributed by atoms with Gasteiger partial charge in [-0.2, -0.15) is 9.29 Å². The van der Waals surface area contributed by atoms with Gasteiger partial charge in [0, 0.05) is 25.5 Å². The summed E-state index contributed by atoms with van der Waals surface area (Å²) in [5.74, 6) is -1.34. The van der Waals surface area contributed by atoms with Gasteiger partial charge in [-0.05, 0) is 44.2 Å². The highest BCUT2D eigenvalue weighted by molar-refractivity contribution is 7.61. The minimum absolute atomic E-state index is 0.0310. The van der Waals surface area contributed by atoms with Crippen LogP contribution >= 0.6 is 15.6 Å². The number of aliphatic hydroxyl groups is 2. The van der Waals surface area contributed by atoms with Crippen LogP contribution in [0.4, 0.5) is 5.82 Å². The van der Waals surface area contributed by atoms with Gasteiger partial charge in [0.15, 0.2) is 18.1 Å². The molecule has 2 heterocycles. The number of hydrogen-bond acceptors (Lipinski definition) is 16. The van der Waals surface area contributed by atoms with Gasteiger partial charge in [-0.25, -0.2) is 13.9 Å². The summed E-state index contributed by atoms with van der Waals surface area (Å²) >= 11 is 0. The van der Waals surface area contributed by atoms with Crippen molar-refractivity contribution in [2.24, 2.45) is 0 Å². The van der Waals surface area contributed by atoms with E-state index in [4.69, 9.17) is 29.0 Å². The lowest BCUT2D eigenvalue weighted by atomic mass is 10.0. The van der Waals surface area contributed by atoms with Crippen LogP contribution in [-0.2, 0) is 51.1 Å². The maximum atomic E-state index is 12.8. The zero-order valence-corrected chi connectivity index (χ0v) is 41.5. The van der Waals surface area contributed by atoms with E-state index in [1.165, 1.54) is 63.9 Å². The third-order valence-corrected chi connectivity index (χ3v) is 13.6. The van der Waals surface area contributed by atoms with Crippen molar-refractivity contribution >= 4 is 39.2 Å². The Bertz CT molecular complexity index is 1780. The summed E-state index contributed by atoms with van der Waals surface area (Å²) in [7, 11) is -10.9.